The number of carbonyl (C=O) groups is 1. The smallest absolute Gasteiger partial charge is 0.322 e. The third-order valence-electron chi connectivity index (χ3n) is 3.07. The molecule has 0 bridgehead atoms. The summed E-state index contributed by atoms with van der Waals surface area (Å²) in [6.07, 6.45) is -0.538. The summed E-state index contributed by atoms with van der Waals surface area (Å²) >= 11 is 0. The molecule has 2 amide bonds. The van der Waals surface area contributed by atoms with Crippen LogP contribution < -0.4 is 5.32 Å². The van der Waals surface area contributed by atoms with Crippen LogP contribution in [0.3, 0.4) is 0 Å². The molecule has 0 saturated heterocycles. The second-order valence-corrected chi connectivity index (χ2v) is 5.87. The average molecular weight is 278 g/mol. The lowest BCUT2D eigenvalue weighted by molar-refractivity contribution is 0.188. The first-order chi connectivity index (χ1) is 9.31. The largest absolute Gasteiger partial charge is 0.389 e. The summed E-state index contributed by atoms with van der Waals surface area (Å²) in [6.45, 7) is 10.6. The van der Waals surface area contributed by atoms with E-state index in [0.717, 1.165) is 12.1 Å². The first kappa shape index (κ1) is 16.5. The standard InChI is InChI=1S/C16H26N2O2/c1-11(2)10-18(12(3)4)16(20)17-15-8-6-7-14(9-15)13(5)19/h6-9,11-13,19H,10H2,1-5H3,(H,17,20). The Morgan fingerprint density at radius 3 is 2.40 bits per heavy atom. The van der Waals surface area contributed by atoms with Gasteiger partial charge in [0, 0.05) is 18.3 Å². The zero-order valence-corrected chi connectivity index (χ0v) is 13.1. The molecule has 0 spiro atoms. The van der Waals surface area contributed by atoms with Crippen molar-refractivity contribution in [3.63, 3.8) is 0 Å². The maximum Gasteiger partial charge on any atom is 0.322 e. The van der Waals surface area contributed by atoms with Crippen LogP contribution in [0.2, 0.25) is 0 Å². The minimum absolute atomic E-state index is 0.101. The molecule has 0 radical (unpaired) electrons. The Morgan fingerprint density at radius 2 is 1.90 bits per heavy atom. The summed E-state index contributed by atoms with van der Waals surface area (Å²) in [5.74, 6) is 0.423. The Bertz CT molecular complexity index is 442. The molecule has 1 aromatic rings. The number of benzene rings is 1. The van der Waals surface area contributed by atoms with Gasteiger partial charge in [0.05, 0.1) is 6.10 Å². The second-order valence-electron chi connectivity index (χ2n) is 5.87. The minimum atomic E-state index is -0.538. The van der Waals surface area contributed by atoms with Crippen LogP contribution in [0.1, 0.15) is 46.3 Å². The lowest BCUT2D eigenvalue weighted by Gasteiger charge is -2.28. The maximum atomic E-state index is 12.3. The molecule has 0 aliphatic carbocycles. The molecule has 0 heterocycles. The number of nitrogens with one attached hydrogen (secondary N) is 1. The van der Waals surface area contributed by atoms with E-state index in [2.05, 4.69) is 19.2 Å². The number of nitrogens with zero attached hydrogens (tertiary/aromatic N) is 1. The van der Waals surface area contributed by atoms with E-state index in [1.165, 1.54) is 0 Å². The van der Waals surface area contributed by atoms with E-state index in [9.17, 15) is 9.90 Å². The van der Waals surface area contributed by atoms with Gasteiger partial charge in [-0.25, -0.2) is 4.79 Å². The van der Waals surface area contributed by atoms with Crippen LogP contribution in [0.5, 0.6) is 0 Å². The molecule has 1 rings (SSSR count). The van der Waals surface area contributed by atoms with Gasteiger partial charge >= 0.3 is 6.03 Å². The van der Waals surface area contributed by atoms with Crippen LogP contribution in [0, 0.1) is 5.92 Å². The van der Waals surface area contributed by atoms with Gasteiger partial charge in [-0.05, 0) is 44.4 Å². The summed E-state index contributed by atoms with van der Waals surface area (Å²) in [7, 11) is 0. The third kappa shape index (κ3) is 4.85. The fraction of sp³-hybridized carbons (Fsp3) is 0.562. The predicted octanol–water partition coefficient (Wildman–Crippen LogP) is 3.64. The van der Waals surface area contributed by atoms with Gasteiger partial charge in [-0.3, -0.25) is 0 Å². The van der Waals surface area contributed by atoms with E-state index in [0.29, 0.717) is 11.6 Å². The van der Waals surface area contributed by atoms with E-state index >= 15 is 0 Å². The highest BCUT2D eigenvalue weighted by molar-refractivity contribution is 5.89. The first-order valence-electron chi connectivity index (χ1n) is 7.17. The number of anilines is 1. The van der Waals surface area contributed by atoms with Crippen molar-refractivity contribution in [3.05, 3.63) is 29.8 Å². The van der Waals surface area contributed by atoms with Crippen LogP contribution >= 0.6 is 0 Å². The highest BCUT2D eigenvalue weighted by Gasteiger charge is 2.18. The summed E-state index contributed by atoms with van der Waals surface area (Å²) < 4.78 is 0. The lowest BCUT2D eigenvalue weighted by atomic mass is 10.1. The SMILES string of the molecule is CC(C)CN(C(=O)Nc1cccc(C(C)O)c1)C(C)C. The van der Waals surface area contributed by atoms with E-state index in [1.807, 2.05) is 36.9 Å². The van der Waals surface area contributed by atoms with Crippen LogP contribution in [0.4, 0.5) is 10.5 Å². The molecule has 0 fully saturated rings. The van der Waals surface area contributed by atoms with E-state index < -0.39 is 6.10 Å². The van der Waals surface area contributed by atoms with Crippen molar-refractivity contribution < 1.29 is 9.90 Å². The molecule has 0 saturated carbocycles. The highest BCUT2D eigenvalue weighted by Crippen LogP contribution is 2.18. The van der Waals surface area contributed by atoms with Crippen molar-refractivity contribution >= 4 is 11.7 Å². The zero-order chi connectivity index (χ0) is 15.3. The molecule has 1 unspecified atom stereocenters. The van der Waals surface area contributed by atoms with Crippen molar-refractivity contribution in [2.75, 3.05) is 11.9 Å². The number of carbonyl (C=O) groups excluding carboxylic acids is 1. The van der Waals surface area contributed by atoms with Gasteiger partial charge in [-0.1, -0.05) is 26.0 Å². The molecule has 1 atom stereocenters. The van der Waals surface area contributed by atoms with E-state index in [1.54, 1.807) is 13.0 Å². The normalized spacial score (nSPS) is 12.6. The van der Waals surface area contributed by atoms with Crippen LogP contribution in [0.15, 0.2) is 24.3 Å². The summed E-state index contributed by atoms with van der Waals surface area (Å²) in [4.78, 5) is 14.1. The molecule has 4 nitrogen and oxygen atoms in total. The Labute approximate surface area is 121 Å². The van der Waals surface area contributed by atoms with Gasteiger partial charge in [0.1, 0.15) is 0 Å². The quantitative estimate of drug-likeness (QED) is 0.864. The second kappa shape index (κ2) is 7.29. The van der Waals surface area contributed by atoms with Gasteiger partial charge in [0.2, 0.25) is 0 Å². The Kier molecular flexibility index (Phi) is 6.02. The number of hydrogen-bond acceptors (Lipinski definition) is 2. The number of amides is 2. The zero-order valence-electron chi connectivity index (χ0n) is 13.1. The molecule has 2 N–H and O–H groups in total. The van der Waals surface area contributed by atoms with Gasteiger partial charge in [0.25, 0.3) is 0 Å². The Balaban J connectivity index is 2.80. The van der Waals surface area contributed by atoms with Crippen molar-refractivity contribution in [3.8, 4) is 0 Å². The molecule has 1 aromatic carbocycles. The highest BCUT2D eigenvalue weighted by atomic mass is 16.3. The summed E-state index contributed by atoms with van der Waals surface area (Å²) in [6, 6.07) is 7.36. The molecule has 4 heteroatoms. The van der Waals surface area contributed by atoms with Crippen LogP contribution in [-0.4, -0.2) is 28.6 Å². The molecular weight excluding hydrogens is 252 g/mol. The topological polar surface area (TPSA) is 52.6 Å². The van der Waals surface area contributed by atoms with E-state index in [-0.39, 0.29) is 12.1 Å². The van der Waals surface area contributed by atoms with Crippen molar-refractivity contribution in [2.24, 2.45) is 5.92 Å². The fourth-order valence-corrected chi connectivity index (χ4v) is 1.99. The van der Waals surface area contributed by atoms with Gasteiger partial charge < -0.3 is 15.3 Å². The van der Waals surface area contributed by atoms with Crippen molar-refractivity contribution in [1.82, 2.24) is 4.90 Å². The molecule has 0 aliphatic heterocycles. The van der Waals surface area contributed by atoms with Crippen LogP contribution in [-0.2, 0) is 0 Å². The average Bonchev–Trinajstić information content (AvgIpc) is 2.35. The lowest BCUT2D eigenvalue weighted by Crippen LogP contribution is -2.42. The Morgan fingerprint density at radius 1 is 1.25 bits per heavy atom. The first-order valence-corrected chi connectivity index (χ1v) is 7.17. The Hall–Kier alpha value is -1.55. The summed E-state index contributed by atoms with van der Waals surface area (Å²) in [5.41, 5.74) is 1.51. The molecule has 0 aromatic heterocycles. The number of hydrogen-bond donors (Lipinski definition) is 2. The number of urea groups is 1. The monoisotopic (exact) mass is 278 g/mol. The number of aliphatic hydroxyl groups is 1. The van der Waals surface area contributed by atoms with E-state index in [4.69, 9.17) is 0 Å². The fourth-order valence-electron chi connectivity index (χ4n) is 1.99. The molecule has 0 aliphatic rings. The molecular formula is C16H26N2O2. The maximum absolute atomic E-state index is 12.3. The molecule has 20 heavy (non-hydrogen) atoms. The van der Waals surface area contributed by atoms with Crippen molar-refractivity contribution in [1.29, 1.82) is 0 Å². The van der Waals surface area contributed by atoms with Gasteiger partial charge in [-0.15, -0.1) is 0 Å². The molecule has 112 valence electrons. The van der Waals surface area contributed by atoms with Gasteiger partial charge in [-0.2, -0.15) is 0 Å². The number of aliphatic hydroxyl groups excluding tert-OH is 1. The summed E-state index contributed by atoms with van der Waals surface area (Å²) in [5, 5.41) is 12.5. The number of rotatable bonds is 5. The van der Waals surface area contributed by atoms with Crippen LogP contribution in [0.25, 0.3) is 0 Å². The van der Waals surface area contributed by atoms with Gasteiger partial charge in [0.15, 0.2) is 0 Å². The van der Waals surface area contributed by atoms with Crippen molar-refractivity contribution in [2.45, 2.75) is 46.8 Å². The third-order valence-corrected chi connectivity index (χ3v) is 3.07. The predicted molar refractivity (Wildman–Crippen MR) is 82.8 cm³/mol. The minimum Gasteiger partial charge on any atom is -0.389 e.